The van der Waals surface area contributed by atoms with E-state index in [1.165, 1.54) is 0 Å². The second-order valence-corrected chi connectivity index (χ2v) is 4.48. The predicted octanol–water partition coefficient (Wildman–Crippen LogP) is 0.509. The van der Waals surface area contributed by atoms with E-state index in [9.17, 15) is 9.59 Å². The number of likely N-dealkylation sites (N-methyl/N-ethyl adjacent to an activating group) is 1. The maximum Gasteiger partial charge on any atom is 0.258 e. The number of hydrogen-bond acceptors (Lipinski definition) is 4. The summed E-state index contributed by atoms with van der Waals surface area (Å²) in [7, 11) is 0. The SMILES string of the molecule is CCN(CC)C(=O)CNC(=O)COc1ccc(CN)cc1. The van der Waals surface area contributed by atoms with Crippen LogP contribution < -0.4 is 15.8 Å². The van der Waals surface area contributed by atoms with Crippen LogP contribution in [0.1, 0.15) is 19.4 Å². The summed E-state index contributed by atoms with van der Waals surface area (Å²) in [5.74, 6) is 0.177. The molecule has 0 radical (unpaired) electrons. The smallest absolute Gasteiger partial charge is 0.258 e. The van der Waals surface area contributed by atoms with E-state index in [0.29, 0.717) is 25.4 Å². The lowest BCUT2D eigenvalue weighted by atomic mass is 10.2. The van der Waals surface area contributed by atoms with Crippen molar-refractivity contribution in [2.24, 2.45) is 5.73 Å². The second kappa shape index (κ2) is 8.97. The Morgan fingerprint density at radius 3 is 2.33 bits per heavy atom. The second-order valence-electron chi connectivity index (χ2n) is 4.48. The molecule has 21 heavy (non-hydrogen) atoms. The molecule has 0 aromatic heterocycles. The van der Waals surface area contributed by atoms with Crippen LogP contribution in [-0.2, 0) is 16.1 Å². The summed E-state index contributed by atoms with van der Waals surface area (Å²) in [6, 6.07) is 7.21. The summed E-state index contributed by atoms with van der Waals surface area (Å²) in [5.41, 5.74) is 6.49. The maximum absolute atomic E-state index is 11.7. The van der Waals surface area contributed by atoms with Crippen LogP contribution in [0.15, 0.2) is 24.3 Å². The van der Waals surface area contributed by atoms with Crippen LogP contribution >= 0.6 is 0 Å². The van der Waals surface area contributed by atoms with Gasteiger partial charge in [0.05, 0.1) is 6.54 Å². The number of nitrogens with one attached hydrogen (secondary N) is 1. The van der Waals surface area contributed by atoms with E-state index >= 15 is 0 Å². The van der Waals surface area contributed by atoms with Gasteiger partial charge in [0.15, 0.2) is 6.61 Å². The number of carbonyl (C=O) groups is 2. The minimum atomic E-state index is -0.321. The number of amides is 2. The molecule has 1 aromatic rings. The third-order valence-electron chi connectivity index (χ3n) is 3.08. The molecule has 0 saturated carbocycles. The summed E-state index contributed by atoms with van der Waals surface area (Å²) in [6.07, 6.45) is 0. The predicted molar refractivity (Wildman–Crippen MR) is 80.8 cm³/mol. The molecule has 0 fully saturated rings. The highest BCUT2D eigenvalue weighted by atomic mass is 16.5. The highest BCUT2D eigenvalue weighted by molar-refractivity contribution is 5.85. The zero-order chi connectivity index (χ0) is 15.7. The fraction of sp³-hybridized carbons (Fsp3) is 0.467. The number of nitrogens with two attached hydrogens (primary N) is 1. The van der Waals surface area contributed by atoms with Crippen LogP contribution in [0.2, 0.25) is 0 Å². The Labute approximate surface area is 125 Å². The minimum absolute atomic E-state index is 0.00398. The first kappa shape index (κ1) is 17.0. The quantitative estimate of drug-likeness (QED) is 0.731. The molecule has 0 aliphatic rings. The van der Waals surface area contributed by atoms with Crippen molar-refractivity contribution >= 4 is 11.8 Å². The maximum atomic E-state index is 11.7. The molecule has 3 N–H and O–H groups in total. The monoisotopic (exact) mass is 293 g/mol. The average molecular weight is 293 g/mol. The Morgan fingerprint density at radius 2 is 1.81 bits per heavy atom. The van der Waals surface area contributed by atoms with E-state index in [2.05, 4.69) is 5.32 Å². The zero-order valence-electron chi connectivity index (χ0n) is 12.6. The van der Waals surface area contributed by atoms with Crippen molar-refractivity contribution in [1.82, 2.24) is 10.2 Å². The Hall–Kier alpha value is -2.08. The van der Waals surface area contributed by atoms with Crippen LogP contribution in [0, 0.1) is 0 Å². The van der Waals surface area contributed by atoms with Crippen LogP contribution in [-0.4, -0.2) is 43.0 Å². The number of nitrogens with zero attached hydrogens (tertiary/aromatic N) is 1. The lowest BCUT2D eigenvalue weighted by molar-refractivity contribution is -0.133. The molecule has 0 unspecified atom stereocenters. The van der Waals surface area contributed by atoms with Gasteiger partial charge in [0.25, 0.3) is 5.91 Å². The molecule has 0 saturated heterocycles. The van der Waals surface area contributed by atoms with Crippen LogP contribution in [0.4, 0.5) is 0 Å². The largest absolute Gasteiger partial charge is 0.484 e. The zero-order valence-corrected chi connectivity index (χ0v) is 12.6. The molecule has 0 spiro atoms. The number of benzene rings is 1. The molecule has 2 amide bonds. The highest BCUT2D eigenvalue weighted by Crippen LogP contribution is 2.11. The third kappa shape index (κ3) is 5.83. The molecule has 0 aliphatic heterocycles. The number of ether oxygens (including phenoxy) is 1. The first-order valence-electron chi connectivity index (χ1n) is 7.07. The first-order valence-corrected chi connectivity index (χ1v) is 7.07. The number of rotatable bonds is 8. The summed E-state index contributed by atoms with van der Waals surface area (Å²) < 4.78 is 5.33. The molecule has 0 aliphatic carbocycles. The molecule has 1 aromatic carbocycles. The van der Waals surface area contributed by atoms with Gasteiger partial charge in [-0.25, -0.2) is 0 Å². The van der Waals surface area contributed by atoms with Gasteiger partial charge in [0.1, 0.15) is 5.75 Å². The molecular weight excluding hydrogens is 270 g/mol. The van der Waals surface area contributed by atoms with E-state index < -0.39 is 0 Å². The van der Waals surface area contributed by atoms with Crippen molar-refractivity contribution in [2.45, 2.75) is 20.4 Å². The number of carbonyl (C=O) groups excluding carboxylic acids is 2. The molecule has 1 rings (SSSR count). The Bertz CT molecular complexity index is 456. The standard InChI is InChI=1S/C15H23N3O3/c1-3-18(4-2)15(20)10-17-14(19)11-21-13-7-5-12(9-16)6-8-13/h5-8H,3-4,9-11,16H2,1-2H3,(H,17,19). The Kier molecular flexibility index (Phi) is 7.25. The fourth-order valence-electron chi connectivity index (χ4n) is 1.78. The molecular formula is C15H23N3O3. The third-order valence-corrected chi connectivity index (χ3v) is 3.08. The van der Waals surface area contributed by atoms with E-state index in [-0.39, 0.29) is 25.0 Å². The van der Waals surface area contributed by atoms with E-state index in [1.807, 2.05) is 26.0 Å². The van der Waals surface area contributed by atoms with Crippen molar-refractivity contribution in [3.8, 4) is 5.75 Å². The molecule has 0 bridgehead atoms. The van der Waals surface area contributed by atoms with Crippen molar-refractivity contribution in [3.63, 3.8) is 0 Å². The lowest BCUT2D eigenvalue weighted by Gasteiger charge is -2.18. The molecule has 6 heteroatoms. The first-order chi connectivity index (χ1) is 10.1. The van der Waals surface area contributed by atoms with E-state index in [1.54, 1.807) is 17.0 Å². The highest BCUT2D eigenvalue weighted by Gasteiger charge is 2.11. The van der Waals surface area contributed by atoms with Gasteiger partial charge >= 0.3 is 0 Å². The van der Waals surface area contributed by atoms with Gasteiger partial charge in [0, 0.05) is 19.6 Å². The number of hydrogen-bond donors (Lipinski definition) is 2. The molecule has 0 atom stereocenters. The molecule has 0 heterocycles. The Balaban J connectivity index is 2.32. The van der Waals surface area contributed by atoms with Crippen LogP contribution in [0.5, 0.6) is 5.75 Å². The van der Waals surface area contributed by atoms with Crippen molar-refractivity contribution < 1.29 is 14.3 Å². The van der Waals surface area contributed by atoms with Crippen molar-refractivity contribution in [1.29, 1.82) is 0 Å². The van der Waals surface area contributed by atoms with Gasteiger partial charge < -0.3 is 20.7 Å². The van der Waals surface area contributed by atoms with Gasteiger partial charge in [-0.2, -0.15) is 0 Å². The van der Waals surface area contributed by atoms with E-state index in [0.717, 1.165) is 5.56 Å². The normalized spacial score (nSPS) is 10.0. The van der Waals surface area contributed by atoms with Gasteiger partial charge in [-0.3, -0.25) is 9.59 Å². The van der Waals surface area contributed by atoms with Gasteiger partial charge in [-0.05, 0) is 31.5 Å². The van der Waals surface area contributed by atoms with Gasteiger partial charge in [-0.15, -0.1) is 0 Å². The van der Waals surface area contributed by atoms with Gasteiger partial charge in [-0.1, -0.05) is 12.1 Å². The average Bonchev–Trinajstić information content (AvgIpc) is 2.52. The summed E-state index contributed by atoms with van der Waals surface area (Å²) in [4.78, 5) is 25.0. The van der Waals surface area contributed by atoms with E-state index in [4.69, 9.17) is 10.5 Å². The summed E-state index contributed by atoms with van der Waals surface area (Å²) in [6.45, 7) is 5.41. The summed E-state index contributed by atoms with van der Waals surface area (Å²) in [5, 5.41) is 2.55. The van der Waals surface area contributed by atoms with Crippen LogP contribution in [0.3, 0.4) is 0 Å². The van der Waals surface area contributed by atoms with Crippen LogP contribution in [0.25, 0.3) is 0 Å². The van der Waals surface area contributed by atoms with Crippen molar-refractivity contribution in [3.05, 3.63) is 29.8 Å². The van der Waals surface area contributed by atoms with Gasteiger partial charge in [0.2, 0.25) is 5.91 Å². The summed E-state index contributed by atoms with van der Waals surface area (Å²) >= 11 is 0. The minimum Gasteiger partial charge on any atom is -0.484 e. The Morgan fingerprint density at radius 1 is 1.19 bits per heavy atom. The van der Waals surface area contributed by atoms with Crippen molar-refractivity contribution in [2.75, 3.05) is 26.2 Å². The fourth-order valence-corrected chi connectivity index (χ4v) is 1.78. The lowest BCUT2D eigenvalue weighted by Crippen LogP contribution is -2.41. The molecule has 116 valence electrons. The molecule has 6 nitrogen and oxygen atoms in total. The topological polar surface area (TPSA) is 84.7 Å².